The maximum absolute atomic E-state index is 12.6. The Balaban J connectivity index is 1.77. The van der Waals surface area contributed by atoms with Gasteiger partial charge in [-0.3, -0.25) is 9.69 Å². The molecule has 6 nitrogen and oxygen atoms in total. The Morgan fingerprint density at radius 2 is 1.97 bits per heavy atom. The first-order valence-electron chi connectivity index (χ1n) is 8.85. The van der Waals surface area contributed by atoms with Crippen LogP contribution in [0.4, 0.5) is 0 Å². The van der Waals surface area contributed by atoms with Crippen LogP contribution in [0.3, 0.4) is 0 Å². The molecule has 2 aromatic rings. The molecule has 1 saturated heterocycles. The highest BCUT2D eigenvalue weighted by Gasteiger charge is 2.38. The van der Waals surface area contributed by atoms with Crippen LogP contribution < -0.4 is 9.47 Å². The average molecular weight is 464 g/mol. The monoisotopic (exact) mass is 463 g/mol. The number of halogens is 1. The first-order valence-corrected chi connectivity index (χ1v) is 10.5. The third-order valence-corrected chi connectivity index (χ3v) is 5.94. The van der Waals surface area contributed by atoms with Crippen molar-refractivity contribution in [3.63, 3.8) is 0 Å². The molecular weight excluding hydrogens is 446 g/mol. The van der Waals surface area contributed by atoms with E-state index in [0.717, 1.165) is 22.2 Å². The summed E-state index contributed by atoms with van der Waals surface area (Å²) >= 11 is 12.1. The summed E-state index contributed by atoms with van der Waals surface area (Å²) in [6.07, 6.45) is 1.65. The smallest absolute Gasteiger partial charge is 0.326 e. The number of nitrogens with zero attached hydrogens (tertiary/aromatic N) is 1. The van der Waals surface area contributed by atoms with Crippen LogP contribution in [0.2, 0.25) is 5.02 Å². The molecule has 1 atom stereocenters. The van der Waals surface area contributed by atoms with Crippen molar-refractivity contribution in [3.8, 4) is 11.5 Å². The highest BCUT2D eigenvalue weighted by atomic mass is 35.5. The first kappa shape index (κ1) is 22.1. The molecule has 1 aliphatic heterocycles. The number of aliphatic carboxylic acids is 1. The number of methoxy groups -OCH3 is 1. The fourth-order valence-electron chi connectivity index (χ4n) is 2.71. The standard InChI is InChI=1S/C21H18ClNO5S2/c1-12(20(25)26)23-19(24)18(30-21(23)29)10-14-5-8-16(17(9-14)27-2)28-11-13-3-6-15(22)7-4-13/h3-10,12H,11H2,1-2H3,(H,25,26)/b18-10-/t12-/m0/s1. The van der Waals surface area contributed by atoms with Gasteiger partial charge in [0, 0.05) is 5.02 Å². The van der Waals surface area contributed by atoms with E-state index in [1.165, 1.54) is 14.0 Å². The third-order valence-electron chi connectivity index (χ3n) is 4.36. The Kier molecular flexibility index (Phi) is 7.02. The van der Waals surface area contributed by atoms with Crippen LogP contribution in [0.1, 0.15) is 18.1 Å². The number of ether oxygens (including phenoxy) is 2. The van der Waals surface area contributed by atoms with Gasteiger partial charge in [0.25, 0.3) is 5.91 Å². The molecule has 3 rings (SSSR count). The van der Waals surface area contributed by atoms with Crippen molar-refractivity contribution in [2.75, 3.05) is 7.11 Å². The molecular formula is C21H18ClNO5S2. The van der Waals surface area contributed by atoms with E-state index >= 15 is 0 Å². The zero-order valence-corrected chi connectivity index (χ0v) is 18.5. The molecule has 0 aromatic heterocycles. The van der Waals surface area contributed by atoms with Crippen molar-refractivity contribution in [3.05, 3.63) is 63.5 Å². The maximum Gasteiger partial charge on any atom is 0.326 e. The summed E-state index contributed by atoms with van der Waals surface area (Å²) in [7, 11) is 1.53. The fraction of sp³-hybridized carbons (Fsp3) is 0.190. The molecule has 0 saturated carbocycles. The van der Waals surface area contributed by atoms with Crippen molar-refractivity contribution in [2.24, 2.45) is 0 Å². The van der Waals surface area contributed by atoms with Gasteiger partial charge in [-0.2, -0.15) is 0 Å². The minimum Gasteiger partial charge on any atom is -0.493 e. The van der Waals surface area contributed by atoms with E-state index in [4.69, 9.17) is 33.3 Å². The second kappa shape index (κ2) is 9.51. The summed E-state index contributed by atoms with van der Waals surface area (Å²) in [5.74, 6) is -0.484. The number of benzene rings is 2. The minimum absolute atomic E-state index is 0.219. The van der Waals surface area contributed by atoms with Crippen molar-refractivity contribution in [1.82, 2.24) is 4.90 Å². The van der Waals surface area contributed by atoms with Gasteiger partial charge in [-0.15, -0.1) is 0 Å². The van der Waals surface area contributed by atoms with Crippen LogP contribution in [0.15, 0.2) is 47.4 Å². The van der Waals surface area contributed by atoms with Crippen LogP contribution in [-0.2, 0) is 16.2 Å². The maximum atomic E-state index is 12.6. The largest absolute Gasteiger partial charge is 0.493 e. The van der Waals surface area contributed by atoms with E-state index in [9.17, 15) is 14.7 Å². The number of thioether (sulfide) groups is 1. The average Bonchev–Trinajstić information content (AvgIpc) is 3.00. The molecule has 0 radical (unpaired) electrons. The SMILES string of the molecule is COc1cc(/C=C2\SC(=S)N([C@@H](C)C(=O)O)C2=O)ccc1OCc1ccc(Cl)cc1. The highest BCUT2D eigenvalue weighted by Crippen LogP contribution is 2.36. The molecule has 0 aliphatic carbocycles. The summed E-state index contributed by atoms with van der Waals surface area (Å²) in [6, 6.07) is 11.6. The Bertz CT molecular complexity index is 1020. The lowest BCUT2D eigenvalue weighted by Gasteiger charge is -2.18. The van der Waals surface area contributed by atoms with Crippen LogP contribution in [0.25, 0.3) is 6.08 Å². The number of amides is 1. The molecule has 1 amide bonds. The number of carbonyl (C=O) groups is 2. The molecule has 0 bridgehead atoms. The van der Waals surface area contributed by atoms with Gasteiger partial charge < -0.3 is 14.6 Å². The van der Waals surface area contributed by atoms with E-state index in [-0.39, 0.29) is 4.32 Å². The Morgan fingerprint density at radius 3 is 2.60 bits per heavy atom. The number of carboxylic acids is 1. The summed E-state index contributed by atoms with van der Waals surface area (Å²) in [4.78, 5) is 25.3. The molecule has 156 valence electrons. The molecule has 1 N–H and O–H groups in total. The van der Waals surface area contributed by atoms with Gasteiger partial charge in [-0.1, -0.05) is 53.8 Å². The second-order valence-corrected chi connectivity index (χ2v) is 8.50. The number of carboxylic acid groups (broad SMARTS) is 1. The Labute approximate surface area is 188 Å². The van der Waals surface area contributed by atoms with E-state index in [1.54, 1.807) is 36.4 Å². The molecule has 2 aromatic carbocycles. The highest BCUT2D eigenvalue weighted by molar-refractivity contribution is 8.26. The van der Waals surface area contributed by atoms with Gasteiger partial charge in [0.2, 0.25) is 0 Å². The Morgan fingerprint density at radius 1 is 1.27 bits per heavy atom. The molecule has 1 heterocycles. The molecule has 0 spiro atoms. The quantitative estimate of drug-likeness (QED) is 0.475. The van der Waals surface area contributed by atoms with E-state index in [2.05, 4.69) is 0 Å². The molecule has 30 heavy (non-hydrogen) atoms. The topological polar surface area (TPSA) is 76.1 Å². The molecule has 1 aliphatic rings. The summed E-state index contributed by atoms with van der Waals surface area (Å²) in [6.45, 7) is 1.77. The van der Waals surface area contributed by atoms with Gasteiger partial charge in [0.15, 0.2) is 11.5 Å². The fourth-order valence-corrected chi connectivity index (χ4v) is 4.25. The normalized spacial score (nSPS) is 16.1. The van der Waals surface area contributed by atoms with Gasteiger partial charge in [0.1, 0.15) is 17.0 Å². The van der Waals surface area contributed by atoms with Crippen molar-refractivity contribution < 1.29 is 24.2 Å². The van der Waals surface area contributed by atoms with E-state index in [0.29, 0.717) is 33.6 Å². The van der Waals surface area contributed by atoms with E-state index in [1.807, 2.05) is 12.1 Å². The number of hydrogen-bond acceptors (Lipinski definition) is 6. The molecule has 1 fully saturated rings. The predicted molar refractivity (Wildman–Crippen MR) is 121 cm³/mol. The van der Waals surface area contributed by atoms with E-state index < -0.39 is 17.9 Å². The zero-order valence-electron chi connectivity index (χ0n) is 16.1. The van der Waals surface area contributed by atoms with Crippen LogP contribution in [0, 0.1) is 0 Å². The van der Waals surface area contributed by atoms with Crippen LogP contribution in [-0.4, -0.2) is 39.4 Å². The Hall–Kier alpha value is -2.55. The zero-order chi connectivity index (χ0) is 21.8. The van der Waals surface area contributed by atoms with Crippen molar-refractivity contribution >= 4 is 57.9 Å². The lowest BCUT2D eigenvalue weighted by atomic mass is 10.1. The first-order chi connectivity index (χ1) is 14.3. The van der Waals surface area contributed by atoms with Gasteiger partial charge in [-0.05, 0) is 48.4 Å². The minimum atomic E-state index is -1.11. The number of thiocarbonyl (C=S) groups is 1. The third kappa shape index (κ3) is 4.95. The lowest BCUT2D eigenvalue weighted by Crippen LogP contribution is -2.41. The molecule has 9 heteroatoms. The summed E-state index contributed by atoms with van der Waals surface area (Å²) < 4.78 is 11.5. The second-order valence-electron chi connectivity index (χ2n) is 6.39. The number of hydrogen-bond donors (Lipinski definition) is 1. The van der Waals surface area contributed by atoms with Crippen molar-refractivity contribution in [1.29, 1.82) is 0 Å². The lowest BCUT2D eigenvalue weighted by molar-refractivity contribution is -0.144. The van der Waals surface area contributed by atoms with Crippen molar-refractivity contribution in [2.45, 2.75) is 19.6 Å². The van der Waals surface area contributed by atoms with Gasteiger partial charge >= 0.3 is 5.97 Å². The van der Waals surface area contributed by atoms with Gasteiger partial charge in [0.05, 0.1) is 12.0 Å². The predicted octanol–water partition coefficient (Wildman–Crippen LogP) is 4.60. The molecule has 0 unspecified atom stereocenters. The van der Waals surface area contributed by atoms with Crippen LogP contribution in [0.5, 0.6) is 11.5 Å². The van der Waals surface area contributed by atoms with Crippen LogP contribution >= 0.6 is 35.6 Å². The summed E-state index contributed by atoms with van der Waals surface area (Å²) in [5.41, 5.74) is 1.66. The summed E-state index contributed by atoms with van der Waals surface area (Å²) in [5, 5.41) is 9.84. The van der Waals surface area contributed by atoms with Gasteiger partial charge in [-0.25, -0.2) is 4.79 Å². The number of rotatable bonds is 7. The number of carbonyl (C=O) groups excluding carboxylic acids is 1.